The van der Waals surface area contributed by atoms with Crippen molar-refractivity contribution in [1.29, 1.82) is 0 Å². The Morgan fingerprint density at radius 2 is 1.89 bits per heavy atom. The van der Waals surface area contributed by atoms with Gasteiger partial charge in [0, 0.05) is 16.8 Å². The molecule has 4 rings (SSSR count). The van der Waals surface area contributed by atoms with Gasteiger partial charge in [-0.15, -0.1) is 0 Å². The summed E-state index contributed by atoms with van der Waals surface area (Å²) in [4.78, 5) is 2.67. The summed E-state index contributed by atoms with van der Waals surface area (Å²) in [5.74, 6) is 0.204. The molecule has 0 N–H and O–H groups in total. The number of benzene rings is 2. The van der Waals surface area contributed by atoms with E-state index in [4.69, 9.17) is 16.3 Å². The second-order valence-electron chi connectivity index (χ2n) is 7.71. The molecule has 1 aliphatic carbocycles. The lowest BCUT2D eigenvalue weighted by molar-refractivity contribution is 0.0939. The lowest BCUT2D eigenvalue weighted by Gasteiger charge is -2.30. The molecular formula is C21H23ClFNO3S. The van der Waals surface area contributed by atoms with Crippen LogP contribution >= 0.6 is 11.6 Å². The van der Waals surface area contributed by atoms with Crippen LogP contribution in [0.3, 0.4) is 0 Å². The van der Waals surface area contributed by atoms with Crippen LogP contribution in [0.4, 0.5) is 4.39 Å². The van der Waals surface area contributed by atoms with E-state index in [-0.39, 0.29) is 22.9 Å². The van der Waals surface area contributed by atoms with Gasteiger partial charge in [0.2, 0.25) is 0 Å². The molecular weight excluding hydrogens is 401 g/mol. The average Bonchev–Trinajstić information content (AvgIpc) is 3.22. The van der Waals surface area contributed by atoms with E-state index in [2.05, 4.69) is 4.90 Å². The number of nitrogens with zero attached hydrogens (tertiary/aromatic N) is 1. The van der Waals surface area contributed by atoms with Crippen molar-refractivity contribution >= 4 is 21.4 Å². The van der Waals surface area contributed by atoms with E-state index in [0.29, 0.717) is 16.3 Å². The first-order valence-corrected chi connectivity index (χ1v) is 11.7. The lowest BCUT2D eigenvalue weighted by atomic mass is 10.1. The molecule has 0 aromatic heterocycles. The Morgan fingerprint density at radius 1 is 1.18 bits per heavy atom. The Morgan fingerprint density at radius 3 is 2.54 bits per heavy atom. The maximum Gasteiger partial charge on any atom is 0.175 e. The average molecular weight is 424 g/mol. The lowest BCUT2D eigenvalue weighted by Crippen LogP contribution is -2.38. The summed E-state index contributed by atoms with van der Waals surface area (Å²) in [5.41, 5.74) is 2.36. The smallest absolute Gasteiger partial charge is 0.175 e. The summed E-state index contributed by atoms with van der Waals surface area (Å²) >= 11 is 6.33. The molecule has 0 unspecified atom stereocenters. The summed E-state index contributed by atoms with van der Waals surface area (Å²) in [7, 11) is -3.29. The molecule has 1 fully saturated rings. The van der Waals surface area contributed by atoms with Crippen molar-refractivity contribution in [3.8, 4) is 5.75 Å². The third kappa shape index (κ3) is 3.65. The van der Waals surface area contributed by atoms with Crippen molar-refractivity contribution in [3.05, 3.63) is 57.9 Å². The molecule has 1 aliphatic heterocycles. The SMILES string of the molecule is Cc1cc(O[C@H]2c3cc(F)cc(Cl)c3C[C@@H]2N2CCCC2)ccc1S(C)(=O)=O. The molecule has 0 bridgehead atoms. The van der Waals surface area contributed by atoms with Gasteiger partial charge >= 0.3 is 0 Å². The number of hydrogen-bond acceptors (Lipinski definition) is 4. The van der Waals surface area contributed by atoms with Gasteiger partial charge in [0.25, 0.3) is 0 Å². The van der Waals surface area contributed by atoms with Crippen LogP contribution < -0.4 is 4.74 Å². The predicted molar refractivity (Wildman–Crippen MR) is 107 cm³/mol. The maximum atomic E-state index is 14.1. The molecule has 1 saturated heterocycles. The molecule has 2 atom stereocenters. The number of fused-ring (bicyclic) bond motifs is 1. The van der Waals surface area contributed by atoms with Gasteiger partial charge in [0.15, 0.2) is 9.84 Å². The number of hydrogen-bond donors (Lipinski definition) is 0. The Hall–Kier alpha value is -1.63. The van der Waals surface area contributed by atoms with Gasteiger partial charge in [-0.3, -0.25) is 4.90 Å². The summed E-state index contributed by atoms with van der Waals surface area (Å²) in [6.07, 6.45) is 3.86. The Balaban J connectivity index is 1.70. The fourth-order valence-electron chi connectivity index (χ4n) is 4.41. The summed E-state index contributed by atoms with van der Waals surface area (Å²) < 4.78 is 44.1. The van der Waals surface area contributed by atoms with Crippen molar-refractivity contribution in [2.24, 2.45) is 0 Å². The molecule has 7 heteroatoms. The minimum atomic E-state index is -3.29. The zero-order valence-corrected chi connectivity index (χ0v) is 17.5. The van der Waals surface area contributed by atoms with E-state index in [9.17, 15) is 12.8 Å². The van der Waals surface area contributed by atoms with Gasteiger partial charge in [-0.1, -0.05) is 11.6 Å². The van der Waals surface area contributed by atoms with E-state index in [0.717, 1.165) is 43.5 Å². The van der Waals surface area contributed by atoms with Crippen LogP contribution in [-0.4, -0.2) is 38.7 Å². The second kappa shape index (κ2) is 7.32. The highest BCUT2D eigenvalue weighted by Crippen LogP contribution is 2.42. The molecule has 0 radical (unpaired) electrons. The molecule has 2 aromatic rings. The van der Waals surface area contributed by atoms with Gasteiger partial charge in [-0.05, 0) is 80.7 Å². The van der Waals surface area contributed by atoms with Crippen molar-refractivity contribution in [3.63, 3.8) is 0 Å². The molecule has 0 spiro atoms. The van der Waals surface area contributed by atoms with Crippen LogP contribution in [0, 0.1) is 12.7 Å². The first-order valence-electron chi connectivity index (χ1n) is 9.43. The zero-order chi connectivity index (χ0) is 20.1. The number of halogens is 2. The third-order valence-corrected chi connectivity index (χ3v) is 7.28. The van der Waals surface area contributed by atoms with Gasteiger partial charge in [0.05, 0.1) is 10.9 Å². The van der Waals surface area contributed by atoms with Gasteiger partial charge in [-0.25, -0.2) is 12.8 Å². The number of aryl methyl sites for hydroxylation is 1. The van der Waals surface area contributed by atoms with Crippen LogP contribution in [0.5, 0.6) is 5.75 Å². The quantitative estimate of drug-likeness (QED) is 0.734. The fraction of sp³-hybridized carbons (Fsp3) is 0.429. The van der Waals surface area contributed by atoms with Crippen LogP contribution in [-0.2, 0) is 16.3 Å². The maximum absolute atomic E-state index is 14.1. The van der Waals surface area contributed by atoms with Crippen LogP contribution in [0.25, 0.3) is 0 Å². The number of sulfone groups is 1. The normalized spacial score (nSPS) is 22.4. The minimum Gasteiger partial charge on any atom is -0.484 e. The van der Waals surface area contributed by atoms with E-state index in [1.807, 2.05) is 0 Å². The molecule has 4 nitrogen and oxygen atoms in total. The highest BCUT2D eigenvalue weighted by Gasteiger charge is 2.40. The topological polar surface area (TPSA) is 46.6 Å². The van der Waals surface area contributed by atoms with Gasteiger partial charge < -0.3 is 4.74 Å². The molecule has 2 aliphatic rings. The zero-order valence-electron chi connectivity index (χ0n) is 15.9. The number of ether oxygens (including phenoxy) is 1. The monoisotopic (exact) mass is 423 g/mol. The summed E-state index contributed by atoms with van der Waals surface area (Å²) in [6.45, 7) is 3.73. The second-order valence-corrected chi connectivity index (χ2v) is 10.1. The molecule has 0 saturated carbocycles. The Kier molecular flexibility index (Phi) is 5.14. The van der Waals surface area contributed by atoms with E-state index < -0.39 is 9.84 Å². The summed E-state index contributed by atoms with van der Waals surface area (Å²) in [5, 5.41) is 0.439. The first-order chi connectivity index (χ1) is 13.2. The van der Waals surface area contributed by atoms with E-state index >= 15 is 0 Å². The molecule has 0 amide bonds. The van der Waals surface area contributed by atoms with Crippen LogP contribution in [0.2, 0.25) is 5.02 Å². The van der Waals surface area contributed by atoms with Crippen molar-refractivity contribution in [2.75, 3.05) is 19.3 Å². The predicted octanol–water partition coefficient (Wildman–Crippen LogP) is 4.33. The number of rotatable bonds is 4. The highest BCUT2D eigenvalue weighted by molar-refractivity contribution is 7.90. The molecule has 2 aromatic carbocycles. The van der Waals surface area contributed by atoms with Crippen LogP contribution in [0.15, 0.2) is 35.2 Å². The number of likely N-dealkylation sites (tertiary alicyclic amines) is 1. The third-order valence-electron chi connectivity index (χ3n) is 5.68. The largest absolute Gasteiger partial charge is 0.484 e. The van der Waals surface area contributed by atoms with Gasteiger partial charge in [0.1, 0.15) is 17.7 Å². The van der Waals surface area contributed by atoms with Crippen LogP contribution in [0.1, 0.15) is 35.6 Å². The fourth-order valence-corrected chi connectivity index (χ4v) is 5.66. The summed E-state index contributed by atoms with van der Waals surface area (Å²) in [6, 6.07) is 7.93. The standard InChI is InChI=1S/C21H23ClFNO3S/c1-13-9-15(5-6-20(13)28(2,25)26)27-21-17-10-14(23)11-18(22)16(17)12-19(21)24-7-3-4-8-24/h5-6,9-11,19,21H,3-4,7-8,12H2,1-2H3/t19-,21-/m0/s1. The highest BCUT2D eigenvalue weighted by atomic mass is 35.5. The molecule has 28 heavy (non-hydrogen) atoms. The van der Waals surface area contributed by atoms with Crippen molar-refractivity contribution in [2.45, 2.75) is 43.2 Å². The Bertz CT molecular complexity index is 1020. The van der Waals surface area contributed by atoms with E-state index in [1.165, 1.54) is 18.4 Å². The minimum absolute atomic E-state index is 0.0895. The van der Waals surface area contributed by atoms with Crippen molar-refractivity contribution < 1.29 is 17.5 Å². The first kappa shape index (κ1) is 19.7. The van der Waals surface area contributed by atoms with E-state index in [1.54, 1.807) is 25.1 Å². The Labute approximate surface area is 170 Å². The van der Waals surface area contributed by atoms with Gasteiger partial charge in [-0.2, -0.15) is 0 Å². The molecule has 1 heterocycles. The van der Waals surface area contributed by atoms with Crippen molar-refractivity contribution in [1.82, 2.24) is 4.90 Å². The molecule has 150 valence electrons.